The molecule has 1 heterocycles. The van der Waals surface area contributed by atoms with Crippen LogP contribution >= 0.6 is 0 Å². The number of hydrogen-bond acceptors (Lipinski definition) is 1. The van der Waals surface area contributed by atoms with Gasteiger partial charge in [-0.05, 0) is 24.3 Å². The highest BCUT2D eigenvalue weighted by Gasteiger charge is 2.38. The van der Waals surface area contributed by atoms with Gasteiger partial charge in [-0.25, -0.2) is 0 Å². The number of rotatable bonds is 3. The van der Waals surface area contributed by atoms with Gasteiger partial charge in [-0.3, -0.25) is 5.10 Å². The van der Waals surface area contributed by atoms with Crippen molar-refractivity contribution < 1.29 is 0 Å². The van der Waals surface area contributed by atoms with Gasteiger partial charge in [0.1, 0.15) is 0 Å². The van der Waals surface area contributed by atoms with Crippen molar-refractivity contribution in [2.24, 2.45) is 5.92 Å². The van der Waals surface area contributed by atoms with E-state index in [1.807, 2.05) is 6.20 Å². The van der Waals surface area contributed by atoms with Gasteiger partial charge in [0, 0.05) is 11.6 Å². The van der Waals surface area contributed by atoms with Crippen molar-refractivity contribution in [3.63, 3.8) is 0 Å². The summed E-state index contributed by atoms with van der Waals surface area (Å²) in [6, 6.07) is 0. The molecule has 0 aliphatic heterocycles. The van der Waals surface area contributed by atoms with E-state index in [0.29, 0.717) is 0 Å². The molecule has 1 aliphatic rings. The van der Waals surface area contributed by atoms with E-state index >= 15 is 0 Å². The third-order valence-electron chi connectivity index (χ3n) is 2.95. The molecule has 1 N–H and O–H groups in total. The maximum absolute atomic E-state index is 4.10. The summed E-state index contributed by atoms with van der Waals surface area (Å²) in [4.78, 5) is 0. The summed E-state index contributed by atoms with van der Waals surface area (Å²) in [6.07, 6.45) is 5.76. The maximum Gasteiger partial charge on any atom is 0.0522 e. The molecule has 0 aromatic carbocycles. The SMILES string of the molecule is CCc1cn[nH]c1C1CC1CC. The second kappa shape index (κ2) is 2.92. The fraction of sp³-hybridized carbons (Fsp3) is 0.700. The zero-order valence-corrected chi connectivity index (χ0v) is 7.80. The molecule has 12 heavy (non-hydrogen) atoms. The molecule has 1 aromatic rings. The quantitative estimate of drug-likeness (QED) is 0.730. The van der Waals surface area contributed by atoms with Gasteiger partial charge in [-0.15, -0.1) is 0 Å². The number of hydrogen-bond donors (Lipinski definition) is 1. The van der Waals surface area contributed by atoms with E-state index in [2.05, 4.69) is 24.0 Å². The molecule has 1 saturated carbocycles. The summed E-state index contributed by atoms with van der Waals surface area (Å²) in [5.74, 6) is 1.73. The van der Waals surface area contributed by atoms with Gasteiger partial charge in [-0.2, -0.15) is 5.10 Å². The Morgan fingerprint density at radius 1 is 1.58 bits per heavy atom. The summed E-state index contributed by atoms with van der Waals surface area (Å²) in [5.41, 5.74) is 2.82. The zero-order valence-electron chi connectivity index (χ0n) is 7.80. The lowest BCUT2D eigenvalue weighted by Crippen LogP contribution is -1.88. The van der Waals surface area contributed by atoms with E-state index in [1.165, 1.54) is 24.1 Å². The molecule has 0 bridgehead atoms. The van der Waals surface area contributed by atoms with E-state index in [9.17, 15) is 0 Å². The first-order valence-corrected chi connectivity index (χ1v) is 4.89. The van der Waals surface area contributed by atoms with E-state index in [4.69, 9.17) is 0 Å². The third-order valence-corrected chi connectivity index (χ3v) is 2.95. The van der Waals surface area contributed by atoms with Crippen molar-refractivity contribution in [2.45, 2.75) is 39.0 Å². The Bertz CT molecular complexity index is 265. The smallest absolute Gasteiger partial charge is 0.0522 e. The van der Waals surface area contributed by atoms with E-state index in [0.717, 1.165) is 18.3 Å². The molecule has 1 aliphatic carbocycles. The highest BCUT2D eigenvalue weighted by Crippen LogP contribution is 2.49. The minimum Gasteiger partial charge on any atom is -0.282 e. The van der Waals surface area contributed by atoms with E-state index < -0.39 is 0 Å². The molecule has 1 fully saturated rings. The van der Waals surface area contributed by atoms with Crippen molar-refractivity contribution in [1.29, 1.82) is 0 Å². The van der Waals surface area contributed by atoms with Crippen molar-refractivity contribution >= 4 is 0 Å². The fourth-order valence-electron chi connectivity index (χ4n) is 1.98. The van der Waals surface area contributed by atoms with Crippen LogP contribution in [-0.4, -0.2) is 10.2 Å². The molecule has 2 heteroatoms. The first-order chi connectivity index (χ1) is 5.86. The van der Waals surface area contributed by atoms with Gasteiger partial charge in [0.2, 0.25) is 0 Å². The summed E-state index contributed by atoms with van der Waals surface area (Å²) >= 11 is 0. The largest absolute Gasteiger partial charge is 0.282 e. The highest BCUT2D eigenvalue weighted by molar-refractivity contribution is 5.25. The molecule has 0 saturated heterocycles. The topological polar surface area (TPSA) is 28.7 Å². The molecule has 2 rings (SSSR count). The lowest BCUT2D eigenvalue weighted by atomic mass is 10.1. The van der Waals surface area contributed by atoms with Crippen LogP contribution < -0.4 is 0 Å². The zero-order chi connectivity index (χ0) is 8.55. The molecular formula is C10H16N2. The van der Waals surface area contributed by atoms with Gasteiger partial charge in [-0.1, -0.05) is 20.3 Å². The standard InChI is InChI=1S/C10H16N2/c1-3-7-5-9(7)10-8(4-2)6-11-12-10/h6-7,9H,3-5H2,1-2H3,(H,11,12). The minimum atomic E-state index is 0.799. The molecule has 0 radical (unpaired) electrons. The minimum absolute atomic E-state index is 0.799. The van der Waals surface area contributed by atoms with Crippen molar-refractivity contribution in [3.8, 4) is 0 Å². The molecule has 1 aromatic heterocycles. The lowest BCUT2D eigenvalue weighted by Gasteiger charge is -1.97. The monoisotopic (exact) mass is 164 g/mol. The van der Waals surface area contributed by atoms with Crippen molar-refractivity contribution in [3.05, 3.63) is 17.5 Å². The average Bonchev–Trinajstić information content (AvgIpc) is 2.74. The Morgan fingerprint density at radius 2 is 2.42 bits per heavy atom. The number of nitrogens with one attached hydrogen (secondary N) is 1. The van der Waals surface area contributed by atoms with Crippen LogP contribution in [0.25, 0.3) is 0 Å². The fourth-order valence-corrected chi connectivity index (χ4v) is 1.98. The second-order valence-corrected chi connectivity index (χ2v) is 3.67. The van der Waals surface area contributed by atoms with Crippen LogP contribution in [0.15, 0.2) is 6.20 Å². The molecule has 0 amide bonds. The Morgan fingerprint density at radius 3 is 3.00 bits per heavy atom. The molecule has 0 spiro atoms. The van der Waals surface area contributed by atoms with Crippen LogP contribution in [0, 0.1) is 5.92 Å². The normalized spacial score (nSPS) is 27.5. The third kappa shape index (κ3) is 1.15. The van der Waals surface area contributed by atoms with Crippen LogP contribution in [0.5, 0.6) is 0 Å². The van der Waals surface area contributed by atoms with Crippen LogP contribution in [-0.2, 0) is 6.42 Å². The predicted molar refractivity (Wildman–Crippen MR) is 49.1 cm³/mol. The Hall–Kier alpha value is -0.790. The number of aromatic amines is 1. The first kappa shape index (κ1) is 7.84. The van der Waals surface area contributed by atoms with Gasteiger partial charge in [0.05, 0.1) is 6.20 Å². The van der Waals surface area contributed by atoms with Gasteiger partial charge in [0.25, 0.3) is 0 Å². The lowest BCUT2D eigenvalue weighted by molar-refractivity contribution is 0.750. The average molecular weight is 164 g/mol. The second-order valence-electron chi connectivity index (χ2n) is 3.67. The van der Waals surface area contributed by atoms with Crippen LogP contribution in [0.1, 0.15) is 43.9 Å². The van der Waals surface area contributed by atoms with Crippen LogP contribution in [0.3, 0.4) is 0 Å². The molecular weight excluding hydrogens is 148 g/mol. The number of aromatic nitrogens is 2. The summed E-state index contributed by atoms with van der Waals surface area (Å²) in [5, 5.41) is 7.23. The summed E-state index contributed by atoms with van der Waals surface area (Å²) < 4.78 is 0. The van der Waals surface area contributed by atoms with Crippen molar-refractivity contribution in [1.82, 2.24) is 10.2 Å². The van der Waals surface area contributed by atoms with Crippen LogP contribution in [0.2, 0.25) is 0 Å². The molecule has 2 atom stereocenters. The Balaban J connectivity index is 2.13. The summed E-state index contributed by atoms with van der Waals surface area (Å²) in [7, 11) is 0. The number of nitrogens with zero attached hydrogens (tertiary/aromatic N) is 1. The van der Waals surface area contributed by atoms with Crippen LogP contribution in [0.4, 0.5) is 0 Å². The molecule has 66 valence electrons. The first-order valence-electron chi connectivity index (χ1n) is 4.89. The van der Waals surface area contributed by atoms with Gasteiger partial charge in [0.15, 0.2) is 0 Å². The summed E-state index contributed by atoms with van der Waals surface area (Å²) in [6.45, 7) is 4.46. The Kier molecular flexibility index (Phi) is 1.91. The predicted octanol–water partition coefficient (Wildman–Crippen LogP) is 2.49. The van der Waals surface area contributed by atoms with Gasteiger partial charge < -0.3 is 0 Å². The molecule has 2 unspecified atom stereocenters. The Labute approximate surface area is 73.4 Å². The van der Waals surface area contributed by atoms with Crippen molar-refractivity contribution in [2.75, 3.05) is 0 Å². The number of H-pyrrole nitrogens is 1. The highest BCUT2D eigenvalue weighted by atomic mass is 15.1. The number of aryl methyl sites for hydroxylation is 1. The van der Waals surface area contributed by atoms with Gasteiger partial charge >= 0.3 is 0 Å². The molecule has 2 nitrogen and oxygen atoms in total. The maximum atomic E-state index is 4.10. The van der Waals surface area contributed by atoms with E-state index in [-0.39, 0.29) is 0 Å². The van der Waals surface area contributed by atoms with E-state index in [1.54, 1.807) is 0 Å².